The molecule has 4 rings (SSSR count). The van der Waals surface area contributed by atoms with Gasteiger partial charge in [0.25, 0.3) is 0 Å². The molecule has 6 nitrogen and oxygen atoms in total. The fraction of sp³-hybridized carbons (Fsp3) is 0.333. The molecule has 2 heterocycles. The zero-order valence-electron chi connectivity index (χ0n) is 17.2. The molecule has 0 bridgehead atoms. The van der Waals surface area contributed by atoms with Crippen molar-refractivity contribution in [1.29, 1.82) is 0 Å². The molecule has 2 aliphatic heterocycles. The molecule has 0 unspecified atom stereocenters. The van der Waals surface area contributed by atoms with Gasteiger partial charge in [-0.3, -0.25) is 9.59 Å². The third-order valence-corrected chi connectivity index (χ3v) is 5.83. The zero-order chi connectivity index (χ0) is 21.1. The van der Waals surface area contributed by atoms with E-state index >= 15 is 0 Å². The van der Waals surface area contributed by atoms with Crippen molar-refractivity contribution in [3.05, 3.63) is 59.7 Å². The molecule has 0 radical (unpaired) electrons. The van der Waals surface area contributed by atoms with Crippen LogP contribution in [0.4, 0.5) is 0 Å². The molecule has 1 amide bonds. The Kier molecular flexibility index (Phi) is 5.48. The van der Waals surface area contributed by atoms with Crippen LogP contribution in [0.5, 0.6) is 17.2 Å². The molecule has 1 saturated heterocycles. The van der Waals surface area contributed by atoms with Gasteiger partial charge in [-0.25, -0.2) is 0 Å². The Morgan fingerprint density at radius 3 is 2.60 bits per heavy atom. The average Bonchev–Trinajstić information content (AvgIpc) is 2.77. The van der Waals surface area contributed by atoms with Gasteiger partial charge in [0.15, 0.2) is 5.78 Å². The Bertz CT molecular complexity index is 989. The van der Waals surface area contributed by atoms with E-state index in [2.05, 4.69) is 0 Å². The van der Waals surface area contributed by atoms with E-state index in [0.29, 0.717) is 55.2 Å². The normalized spacial score (nSPS) is 17.5. The first kappa shape index (κ1) is 20.0. The van der Waals surface area contributed by atoms with Gasteiger partial charge in [0, 0.05) is 37.6 Å². The highest BCUT2D eigenvalue weighted by molar-refractivity contribution is 6.00. The Hall–Kier alpha value is -3.28. The first-order valence-corrected chi connectivity index (χ1v) is 10.0. The minimum atomic E-state index is -0.512. The number of fused-ring (bicyclic) bond motifs is 1. The van der Waals surface area contributed by atoms with Crippen LogP contribution in [0.2, 0.25) is 0 Å². The monoisotopic (exact) mass is 407 g/mol. The molecule has 0 aliphatic carbocycles. The van der Waals surface area contributed by atoms with Crippen molar-refractivity contribution in [2.45, 2.75) is 24.9 Å². The number of ketones is 1. The maximum atomic E-state index is 12.7. The second-order valence-electron chi connectivity index (χ2n) is 7.65. The van der Waals surface area contributed by atoms with Crippen LogP contribution in [0, 0.1) is 0 Å². The van der Waals surface area contributed by atoms with Gasteiger partial charge in [0.05, 0.1) is 26.2 Å². The Labute approximate surface area is 176 Å². The lowest BCUT2D eigenvalue weighted by Gasteiger charge is -2.43. The van der Waals surface area contributed by atoms with E-state index in [4.69, 9.17) is 14.2 Å². The number of methoxy groups -OCH3 is 2. The van der Waals surface area contributed by atoms with Crippen LogP contribution in [0.25, 0.3) is 6.08 Å². The summed E-state index contributed by atoms with van der Waals surface area (Å²) in [6.45, 7) is 1.10. The summed E-state index contributed by atoms with van der Waals surface area (Å²) in [5.41, 5.74) is 0.912. The lowest BCUT2D eigenvalue weighted by molar-refractivity contribution is -0.129. The van der Waals surface area contributed by atoms with E-state index < -0.39 is 5.60 Å². The number of likely N-dealkylation sites (tertiary alicyclic amines) is 1. The first-order chi connectivity index (χ1) is 14.5. The number of nitrogens with zero attached hydrogens (tertiary/aromatic N) is 1. The molecule has 156 valence electrons. The maximum Gasteiger partial charge on any atom is 0.246 e. The summed E-state index contributed by atoms with van der Waals surface area (Å²) >= 11 is 0. The highest BCUT2D eigenvalue weighted by Gasteiger charge is 2.43. The van der Waals surface area contributed by atoms with Crippen LogP contribution in [0.15, 0.2) is 48.5 Å². The predicted octanol–water partition coefficient (Wildman–Crippen LogP) is 3.74. The van der Waals surface area contributed by atoms with Crippen LogP contribution in [0.3, 0.4) is 0 Å². The highest BCUT2D eigenvalue weighted by atomic mass is 16.5. The van der Waals surface area contributed by atoms with Crippen LogP contribution in [-0.4, -0.2) is 49.5 Å². The van der Waals surface area contributed by atoms with E-state index in [-0.39, 0.29) is 11.7 Å². The second-order valence-corrected chi connectivity index (χ2v) is 7.65. The van der Waals surface area contributed by atoms with Crippen molar-refractivity contribution in [2.75, 3.05) is 27.3 Å². The Balaban J connectivity index is 1.42. The van der Waals surface area contributed by atoms with Gasteiger partial charge < -0.3 is 19.1 Å². The fourth-order valence-corrected chi connectivity index (χ4v) is 4.09. The molecule has 0 N–H and O–H groups in total. The van der Waals surface area contributed by atoms with E-state index in [1.807, 2.05) is 36.4 Å². The number of carbonyl (C=O) groups excluding carboxylic acids is 2. The van der Waals surface area contributed by atoms with Crippen LogP contribution >= 0.6 is 0 Å². The van der Waals surface area contributed by atoms with Gasteiger partial charge in [0.1, 0.15) is 22.8 Å². The molecule has 1 fully saturated rings. The number of hydrogen-bond donors (Lipinski definition) is 0. The summed E-state index contributed by atoms with van der Waals surface area (Å²) in [6.07, 6.45) is 4.93. The number of piperidine rings is 1. The number of carbonyl (C=O) groups is 2. The van der Waals surface area contributed by atoms with Gasteiger partial charge in [-0.05, 0) is 36.4 Å². The van der Waals surface area contributed by atoms with E-state index in [0.717, 1.165) is 5.56 Å². The van der Waals surface area contributed by atoms with E-state index in [1.165, 1.54) is 0 Å². The number of para-hydroxylation sites is 1. The Morgan fingerprint density at radius 2 is 1.87 bits per heavy atom. The third kappa shape index (κ3) is 3.90. The molecular formula is C24H25NO5. The number of ether oxygens (including phenoxy) is 3. The van der Waals surface area contributed by atoms with Gasteiger partial charge in [-0.2, -0.15) is 0 Å². The fourth-order valence-electron chi connectivity index (χ4n) is 4.09. The standard InChI is InChI=1S/C24H25NO5/c1-28-18-8-9-21(29-2)17(15-18)7-10-23(27)25-13-11-24(12-14-25)16-20(26)19-5-3-4-6-22(19)30-24/h3-10,15H,11-14,16H2,1-2H3/b10-7+. The highest BCUT2D eigenvalue weighted by Crippen LogP contribution is 2.39. The Morgan fingerprint density at radius 1 is 1.10 bits per heavy atom. The van der Waals surface area contributed by atoms with Gasteiger partial charge in [0.2, 0.25) is 5.91 Å². The van der Waals surface area contributed by atoms with Crippen molar-refractivity contribution in [1.82, 2.24) is 4.90 Å². The van der Waals surface area contributed by atoms with Crippen molar-refractivity contribution in [3.63, 3.8) is 0 Å². The molecule has 2 aliphatic rings. The quantitative estimate of drug-likeness (QED) is 0.723. The molecular weight excluding hydrogens is 382 g/mol. The number of rotatable bonds is 4. The smallest absolute Gasteiger partial charge is 0.246 e. The van der Waals surface area contributed by atoms with Crippen molar-refractivity contribution >= 4 is 17.8 Å². The minimum absolute atomic E-state index is 0.0720. The van der Waals surface area contributed by atoms with E-state index in [1.54, 1.807) is 37.3 Å². The van der Waals surface area contributed by atoms with Crippen molar-refractivity contribution in [3.8, 4) is 17.2 Å². The number of hydrogen-bond acceptors (Lipinski definition) is 5. The zero-order valence-corrected chi connectivity index (χ0v) is 17.2. The topological polar surface area (TPSA) is 65.1 Å². The summed E-state index contributed by atoms with van der Waals surface area (Å²) in [7, 11) is 3.19. The van der Waals surface area contributed by atoms with Gasteiger partial charge in [-0.15, -0.1) is 0 Å². The summed E-state index contributed by atoms with van der Waals surface area (Å²) in [5.74, 6) is 2.06. The number of Topliss-reactive ketones (excluding diaryl/α,β-unsaturated/α-hetero) is 1. The van der Waals surface area contributed by atoms with E-state index in [9.17, 15) is 9.59 Å². The van der Waals surface area contributed by atoms with Gasteiger partial charge >= 0.3 is 0 Å². The summed E-state index contributed by atoms with van der Waals surface area (Å²) < 4.78 is 16.8. The molecule has 1 spiro atoms. The lowest BCUT2D eigenvalue weighted by atomic mass is 9.82. The second kappa shape index (κ2) is 8.22. The molecule has 2 aromatic rings. The first-order valence-electron chi connectivity index (χ1n) is 10.0. The SMILES string of the molecule is COc1ccc(OC)c(/C=C/C(=O)N2CCC3(CC2)CC(=O)c2ccccc2O3)c1. The number of benzene rings is 2. The number of amides is 1. The molecule has 0 atom stereocenters. The maximum absolute atomic E-state index is 12.7. The molecule has 0 saturated carbocycles. The van der Waals surface area contributed by atoms with Crippen molar-refractivity contribution < 1.29 is 23.8 Å². The summed E-state index contributed by atoms with van der Waals surface area (Å²) in [4.78, 5) is 27.1. The molecule has 0 aromatic heterocycles. The van der Waals surface area contributed by atoms with Crippen molar-refractivity contribution in [2.24, 2.45) is 0 Å². The largest absolute Gasteiger partial charge is 0.497 e. The molecule has 2 aromatic carbocycles. The van der Waals surface area contributed by atoms with Crippen LogP contribution in [-0.2, 0) is 4.79 Å². The minimum Gasteiger partial charge on any atom is -0.497 e. The molecule has 6 heteroatoms. The van der Waals surface area contributed by atoms with Gasteiger partial charge in [-0.1, -0.05) is 12.1 Å². The van der Waals surface area contributed by atoms with Crippen LogP contribution in [0.1, 0.15) is 35.2 Å². The molecule has 30 heavy (non-hydrogen) atoms. The summed E-state index contributed by atoms with van der Waals surface area (Å²) in [5, 5.41) is 0. The van der Waals surface area contributed by atoms with Crippen LogP contribution < -0.4 is 14.2 Å². The lowest BCUT2D eigenvalue weighted by Crippen LogP contribution is -2.52. The summed E-state index contributed by atoms with van der Waals surface area (Å²) in [6, 6.07) is 12.8. The average molecular weight is 407 g/mol. The third-order valence-electron chi connectivity index (χ3n) is 5.83. The predicted molar refractivity (Wildman–Crippen MR) is 113 cm³/mol.